The van der Waals surface area contributed by atoms with Gasteiger partial charge in [0.15, 0.2) is 22.3 Å². The topological polar surface area (TPSA) is 85.3 Å². The first kappa shape index (κ1) is 17.7. The molecule has 1 N–H and O–H groups in total. The average molecular weight is 398 g/mol. The molecule has 146 valence electrons. The fraction of sp³-hybridized carbons (Fsp3) is 0.429. The van der Waals surface area contributed by atoms with Gasteiger partial charge >= 0.3 is 0 Å². The molecule has 7 heteroatoms. The van der Waals surface area contributed by atoms with Crippen LogP contribution in [0.1, 0.15) is 53.6 Å². The standard InChI is InChI=1S/C21H22N2O4S/c1-12-3-4-16-15(7-12)23-20(27-16)13-8-21(9-13)10-14(11-21)22-19(24)17-5-6-18(26-17)28(2)25/h3-7,13-14H,8-11H2,1-2H3,(H,22,24). The van der Waals surface area contributed by atoms with Crippen molar-refractivity contribution in [3.63, 3.8) is 0 Å². The summed E-state index contributed by atoms with van der Waals surface area (Å²) >= 11 is 0. The molecule has 0 radical (unpaired) electrons. The van der Waals surface area contributed by atoms with Crippen molar-refractivity contribution in [2.75, 3.05) is 6.26 Å². The minimum atomic E-state index is -1.22. The van der Waals surface area contributed by atoms with Crippen LogP contribution in [0.3, 0.4) is 0 Å². The van der Waals surface area contributed by atoms with Crippen molar-refractivity contribution < 1.29 is 17.8 Å². The first-order chi connectivity index (χ1) is 13.4. The molecule has 2 aliphatic rings. The number of carbonyl (C=O) groups excluding carboxylic acids is 1. The number of benzene rings is 1. The summed E-state index contributed by atoms with van der Waals surface area (Å²) < 4.78 is 22.7. The molecule has 0 aliphatic heterocycles. The second-order valence-electron chi connectivity index (χ2n) is 8.28. The zero-order valence-corrected chi connectivity index (χ0v) is 16.7. The Morgan fingerprint density at radius 3 is 2.68 bits per heavy atom. The van der Waals surface area contributed by atoms with Crippen molar-refractivity contribution in [1.82, 2.24) is 10.3 Å². The zero-order chi connectivity index (χ0) is 19.5. The molecular formula is C21H22N2O4S. The Balaban J connectivity index is 1.16. The highest BCUT2D eigenvalue weighted by Gasteiger charge is 2.54. The largest absolute Gasteiger partial charge is 0.442 e. The molecule has 1 spiro atoms. The number of amides is 1. The van der Waals surface area contributed by atoms with Crippen molar-refractivity contribution in [2.45, 2.75) is 49.7 Å². The van der Waals surface area contributed by atoms with Crippen LogP contribution in [0.2, 0.25) is 0 Å². The Bertz CT molecular complexity index is 1080. The normalized spacial score (nSPS) is 27.4. The third-order valence-electron chi connectivity index (χ3n) is 6.05. The first-order valence-corrected chi connectivity index (χ1v) is 11.1. The van der Waals surface area contributed by atoms with Gasteiger partial charge in [0.1, 0.15) is 5.52 Å². The van der Waals surface area contributed by atoms with Crippen LogP contribution in [0.15, 0.2) is 44.3 Å². The molecule has 0 bridgehead atoms. The van der Waals surface area contributed by atoms with E-state index < -0.39 is 10.8 Å². The minimum absolute atomic E-state index is 0.167. The molecule has 1 aromatic carbocycles. The summed E-state index contributed by atoms with van der Waals surface area (Å²) in [5, 5.41) is 3.34. The van der Waals surface area contributed by atoms with E-state index >= 15 is 0 Å². The Kier molecular flexibility index (Phi) is 3.98. The van der Waals surface area contributed by atoms with Gasteiger partial charge in [-0.1, -0.05) is 6.07 Å². The third-order valence-corrected chi connectivity index (χ3v) is 6.84. The Hall–Kier alpha value is -2.41. The number of aryl methyl sites for hydroxylation is 1. The van der Waals surface area contributed by atoms with E-state index in [0.29, 0.717) is 16.4 Å². The zero-order valence-electron chi connectivity index (χ0n) is 15.9. The van der Waals surface area contributed by atoms with Gasteiger partial charge in [0.05, 0.1) is 10.8 Å². The molecule has 3 aromatic rings. The highest BCUT2D eigenvalue weighted by molar-refractivity contribution is 7.84. The van der Waals surface area contributed by atoms with Gasteiger partial charge in [-0.05, 0) is 67.9 Å². The van der Waals surface area contributed by atoms with Gasteiger partial charge in [0, 0.05) is 18.2 Å². The Morgan fingerprint density at radius 2 is 1.96 bits per heavy atom. The highest BCUT2D eigenvalue weighted by Crippen LogP contribution is 2.61. The molecule has 6 nitrogen and oxygen atoms in total. The fourth-order valence-electron chi connectivity index (χ4n) is 4.66. The average Bonchev–Trinajstić information content (AvgIpc) is 3.21. The number of nitrogens with one attached hydrogen (secondary N) is 1. The van der Waals surface area contributed by atoms with Crippen LogP contribution in [-0.2, 0) is 10.8 Å². The van der Waals surface area contributed by atoms with E-state index in [0.717, 1.165) is 42.7 Å². The molecular weight excluding hydrogens is 376 g/mol. The quantitative estimate of drug-likeness (QED) is 0.720. The Morgan fingerprint density at radius 1 is 1.18 bits per heavy atom. The molecule has 2 fully saturated rings. The maximum atomic E-state index is 12.3. The third kappa shape index (κ3) is 2.98. The van der Waals surface area contributed by atoms with Crippen LogP contribution >= 0.6 is 0 Å². The second-order valence-corrected chi connectivity index (χ2v) is 9.59. The molecule has 1 unspecified atom stereocenters. The number of nitrogens with zero attached hydrogens (tertiary/aromatic N) is 1. The van der Waals surface area contributed by atoms with Crippen LogP contribution in [-0.4, -0.2) is 27.4 Å². The number of oxazole rings is 1. The number of carbonyl (C=O) groups is 1. The van der Waals surface area contributed by atoms with Crippen molar-refractivity contribution >= 4 is 27.8 Å². The minimum Gasteiger partial charge on any atom is -0.442 e. The smallest absolute Gasteiger partial charge is 0.287 e. The van der Waals surface area contributed by atoms with Crippen LogP contribution in [0.5, 0.6) is 0 Å². The van der Waals surface area contributed by atoms with Crippen LogP contribution < -0.4 is 5.32 Å². The molecule has 2 aliphatic carbocycles. The number of hydrogen-bond acceptors (Lipinski definition) is 5. The lowest BCUT2D eigenvalue weighted by molar-refractivity contribution is -0.0256. The molecule has 28 heavy (non-hydrogen) atoms. The maximum absolute atomic E-state index is 12.3. The van der Waals surface area contributed by atoms with E-state index in [1.54, 1.807) is 12.1 Å². The van der Waals surface area contributed by atoms with Crippen molar-refractivity contribution in [3.05, 3.63) is 47.5 Å². The van der Waals surface area contributed by atoms with Crippen molar-refractivity contribution in [2.24, 2.45) is 5.41 Å². The predicted octanol–water partition coefficient (Wildman–Crippen LogP) is 3.92. The van der Waals surface area contributed by atoms with Crippen molar-refractivity contribution in [3.8, 4) is 0 Å². The lowest BCUT2D eigenvalue weighted by atomic mass is 9.50. The summed E-state index contributed by atoms with van der Waals surface area (Å²) in [5.41, 5.74) is 3.27. The lowest BCUT2D eigenvalue weighted by Gasteiger charge is -2.57. The predicted molar refractivity (Wildman–Crippen MR) is 105 cm³/mol. The molecule has 5 rings (SSSR count). The summed E-state index contributed by atoms with van der Waals surface area (Å²) in [6.07, 6.45) is 5.60. The summed E-state index contributed by atoms with van der Waals surface area (Å²) in [7, 11) is -1.22. The van der Waals surface area contributed by atoms with Gasteiger partial charge in [-0.15, -0.1) is 0 Å². The fourth-order valence-corrected chi connectivity index (χ4v) is 5.13. The molecule has 0 saturated heterocycles. The number of furan rings is 1. The summed E-state index contributed by atoms with van der Waals surface area (Å²) in [4.78, 5) is 17.0. The van der Waals surface area contributed by atoms with Gasteiger partial charge in [0.25, 0.3) is 5.91 Å². The monoisotopic (exact) mass is 398 g/mol. The molecule has 1 amide bonds. The van der Waals surface area contributed by atoms with E-state index in [-0.39, 0.29) is 17.7 Å². The van der Waals surface area contributed by atoms with Crippen molar-refractivity contribution in [1.29, 1.82) is 0 Å². The second kappa shape index (κ2) is 6.30. The van der Waals surface area contributed by atoms with Gasteiger partial charge < -0.3 is 14.2 Å². The summed E-state index contributed by atoms with van der Waals surface area (Å²) in [6, 6.07) is 9.41. The van der Waals surface area contributed by atoms with E-state index in [2.05, 4.69) is 23.3 Å². The Labute approximate surface area is 165 Å². The molecule has 1 atom stereocenters. The summed E-state index contributed by atoms with van der Waals surface area (Å²) in [5.74, 6) is 1.20. The number of fused-ring (bicyclic) bond motifs is 1. The molecule has 2 heterocycles. The van der Waals surface area contributed by atoms with Gasteiger partial charge in [0.2, 0.25) is 0 Å². The number of rotatable bonds is 4. The van der Waals surface area contributed by atoms with Gasteiger partial charge in [-0.25, -0.2) is 4.98 Å². The SMILES string of the molecule is Cc1ccc2oc(C3CC4(CC(NC(=O)c5ccc(S(C)=O)o5)C4)C3)nc2c1. The van der Waals surface area contributed by atoms with E-state index in [1.807, 2.05) is 12.1 Å². The maximum Gasteiger partial charge on any atom is 0.287 e. The first-order valence-electron chi connectivity index (χ1n) is 9.52. The highest BCUT2D eigenvalue weighted by atomic mass is 32.2. The lowest BCUT2D eigenvalue weighted by Crippen LogP contribution is -2.55. The van der Waals surface area contributed by atoms with Crippen LogP contribution in [0, 0.1) is 12.3 Å². The van der Waals surface area contributed by atoms with Crippen LogP contribution in [0.4, 0.5) is 0 Å². The molecule has 2 saturated carbocycles. The van der Waals surface area contributed by atoms with E-state index in [1.165, 1.54) is 11.8 Å². The van der Waals surface area contributed by atoms with Crippen LogP contribution in [0.25, 0.3) is 11.1 Å². The van der Waals surface area contributed by atoms with Gasteiger partial charge in [-0.3, -0.25) is 9.00 Å². The van der Waals surface area contributed by atoms with E-state index in [4.69, 9.17) is 8.83 Å². The summed E-state index contributed by atoms with van der Waals surface area (Å²) in [6.45, 7) is 2.06. The van der Waals surface area contributed by atoms with Gasteiger partial charge in [-0.2, -0.15) is 0 Å². The number of hydrogen-bond donors (Lipinski definition) is 1. The number of aromatic nitrogens is 1. The molecule has 2 aromatic heterocycles. The van der Waals surface area contributed by atoms with E-state index in [9.17, 15) is 9.00 Å².